The molecule has 1 aromatic rings. The number of Topliss-reactive ketones (excluding diaryl/α,β-unsaturated/α-hetero) is 1. The van der Waals surface area contributed by atoms with Crippen molar-refractivity contribution in [3.63, 3.8) is 0 Å². The van der Waals surface area contributed by atoms with E-state index in [0.717, 1.165) is 25.1 Å². The van der Waals surface area contributed by atoms with E-state index < -0.39 is 0 Å². The van der Waals surface area contributed by atoms with E-state index in [1.54, 1.807) is 13.1 Å². The van der Waals surface area contributed by atoms with Gasteiger partial charge in [-0.25, -0.2) is 4.98 Å². The van der Waals surface area contributed by atoms with E-state index >= 15 is 0 Å². The van der Waals surface area contributed by atoms with Crippen LogP contribution in [-0.2, 0) is 18.3 Å². The quantitative estimate of drug-likeness (QED) is 0.718. The summed E-state index contributed by atoms with van der Waals surface area (Å²) in [6.45, 7) is 3.73. The lowest BCUT2D eigenvalue weighted by Gasteiger charge is -2.10. The third kappa shape index (κ3) is 2.69. The highest BCUT2D eigenvalue weighted by Crippen LogP contribution is 2.12. The van der Waals surface area contributed by atoms with Gasteiger partial charge >= 0.3 is 0 Å². The van der Waals surface area contributed by atoms with Crippen molar-refractivity contribution in [3.05, 3.63) is 18.2 Å². The van der Waals surface area contributed by atoms with Gasteiger partial charge in [-0.2, -0.15) is 0 Å². The summed E-state index contributed by atoms with van der Waals surface area (Å²) in [5.41, 5.74) is 0. The molecule has 3 heteroatoms. The summed E-state index contributed by atoms with van der Waals surface area (Å²) >= 11 is 0. The SMILES string of the molecule is CCC(CCc1nccn1C)C(C)=O. The van der Waals surface area contributed by atoms with E-state index in [-0.39, 0.29) is 5.92 Å². The maximum absolute atomic E-state index is 11.2. The van der Waals surface area contributed by atoms with Gasteiger partial charge in [-0.05, 0) is 19.8 Å². The van der Waals surface area contributed by atoms with Crippen LogP contribution < -0.4 is 0 Å². The monoisotopic (exact) mass is 194 g/mol. The first kappa shape index (κ1) is 11.0. The molecule has 0 bridgehead atoms. The third-order valence-corrected chi connectivity index (χ3v) is 2.71. The Balaban J connectivity index is 2.47. The molecule has 1 unspecified atom stereocenters. The zero-order valence-corrected chi connectivity index (χ0v) is 9.16. The molecule has 0 aliphatic heterocycles. The van der Waals surface area contributed by atoms with Gasteiger partial charge in [0.2, 0.25) is 0 Å². The summed E-state index contributed by atoms with van der Waals surface area (Å²) in [6, 6.07) is 0. The maximum atomic E-state index is 11.2. The van der Waals surface area contributed by atoms with Crippen LogP contribution in [0.25, 0.3) is 0 Å². The number of carbonyl (C=O) groups excluding carboxylic acids is 1. The Morgan fingerprint density at radius 1 is 1.64 bits per heavy atom. The molecule has 14 heavy (non-hydrogen) atoms. The summed E-state index contributed by atoms with van der Waals surface area (Å²) in [5, 5.41) is 0. The molecular weight excluding hydrogens is 176 g/mol. The minimum atomic E-state index is 0.201. The van der Waals surface area contributed by atoms with Gasteiger partial charge in [-0.15, -0.1) is 0 Å². The van der Waals surface area contributed by atoms with Crippen LogP contribution in [0.4, 0.5) is 0 Å². The molecule has 0 radical (unpaired) electrons. The van der Waals surface area contributed by atoms with Crippen LogP contribution in [0.15, 0.2) is 12.4 Å². The number of hydrogen-bond donors (Lipinski definition) is 0. The number of imidazole rings is 1. The number of aromatic nitrogens is 2. The van der Waals surface area contributed by atoms with Crippen molar-refractivity contribution >= 4 is 5.78 Å². The van der Waals surface area contributed by atoms with Crippen molar-refractivity contribution in [2.45, 2.75) is 33.1 Å². The average molecular weight is 194 g/mol. The van der Waals surface area contributed by atoms with Crippen LogP contribution >= 0.6 is 0 Å². The Labute approximate surface area is 85.2 Å². The van der Waals surface area contributed by atoms with Crippen LogP contribution in [0.1, 0.15) is 32.5 Å². The molecule has 0 saturated carbocycles. The van der Waals surface area contributed by atoms with Gasteiger partial charge in [0, 0.05) is 31.8 Å². The molecule has 78 valence electrons. The van der Waals surface area contributed by atoms with Crippen LogP contribution in [-0.4, -0.2) is 15.3 Å². The molecular formula is C11H18N2O. The molecule has 0 saturated heterocycles. The molecule has 0 fully saturated rings. The van der Waals surface area contributed by atoms with Crippen LogP contribution in [0, 0.1) is 5.92 Å². The summed E-state index contributed by atoms with van der Waals surface area (Å²) in [6.07, 6.45) is 6.46. The topological polar surface area (TPSA) is 34.9 Å². The van der Waals surface area contributed by atoms with E-state index in [1.807, 2.05) is 17.8 Å². The molecule has 0 amide bonds. The summed E-state index contributed by atoms with van der Waals surface area (Å²) in [4.78, 5) is 15.4. The van der Waals surface area contributed by atoms with E-state index in [2.05, 4.69) is 11.9 Å². The average Bonchev–Trinajstić information content (AvgIpc) is 2.52. The molecule has 0 aliphatic carbocycles. The van der Waals surface area contributed by atoms with Crippen LogP contribution in [0.2, 0.25) is 0 Å². The predicted octanol–water partition coefficient (Wildman–Crippen LogP) is 1.97. The zero-order valence-electron chi connectivity index (χ0n) is 9.16. The van der Waals surface area contributed by atoms with E-state index in [0.29, 0.717) is 5.78 Å². The molecule has 3 nitrogen and oxygen atoms in total. The zero-order chi connectivity index (χ0) is 10.6. The van der Waals surface area contributed by atoms with Crippen LogP contribution in [0.5, 0.6) is 0 Å². The second-order valence-corrected chi connectivity index (χ2v) is 3.71. The van der Waals surface area contributed by atoms with Crippen molar-refractivity contribution < 1.29 is 4.79 Å². The smallest absolute Gasteiger partial charge is 0.132 e. The van der Waals surface area contributed by atoms with Gasteiger partial charge in [0.15, 0.2) is 0 Å². The van der Waals surface area contributed by atoms with Gasteiger partial charge in [0.05, 0.1) is 0 Å². The number of ketones is 1. The van der Waals surface area contributed by atoms with Crippen molar-refractivity contribution in [2.24, 2.45) is 13.0 Å². The third-order valence-electron chi connectivity index (χ3n) is 2.71. The van der Waals surface area contributed by atoms with Crippen molar-refractivity contribution in [1.29, 1.82) is 0 Å². The Morgan fingerprint density at radius 2 is 2.36 bits per heavy atom. The lowest BCUT2D eigenvalue weighted by Crippen LogP contribution is -2.12. The second-order valence-electron chi connectivity index (χ2n) is 3.71. The molecule has 1 rings (SSSR count). The summed E-state index contributed by atoms with van der Waals surface area (Å²) in [5.74, 6) is 1.55. The van der Waals surface area contributed by atoms with Gasteiger partial charge in [0.1, 0.15) is 11.6 Å². The Hall–Kier alpha value is -1.12. The lowest BCUT2D eigenvalue weighted by atomic mass is 9.96. The first-order chi connectivity index (χ1) is 6.65. The molecule has 1 aromatic heterocycles. The fraction of sp³-hybridized carbons (Fsp3) is 0.636. The van der Waals surface area contributed by atoms with Gasteiger partial charge in [0.25, 0.3) is 0 Å². The van der Waals surface area contributed by atoms with E-state index in [9.17, 15) is 4.79 Å². The number of aryl methyl sites for hydroxylation is 2. The normalized spacial score (nSPS) is 12.8. The first-order valence-corrected chi connectivity index (χ1v) is 5.11. The van der Waals surface area contributed by atoms with Gasteiger partial charge < -0.3 is 4.57 Å². The molecule has 1 heterocycles. The molecule has 0 aliphatic rings. The minimum Gasteiger partial charge on any atom is -0.338 e. The Kier molecular flexibility index (Phi) is 3.86. The van der Waals surface area contributed by atoms with Crippen molar-refractivity contribution in [1.82, 2.24) is 9.55 Å². The van der Waals surface area contributed by atoms with Gasteiger partial charge in [-0.1, -0.05) is 6.92 Å². The number of hydrogen-bond acceptors (Lipinski definition) is 2. The molecule has 1 atom stereocenters. The molecule has 0 aromatic carbocycles. The van der Waals surface area contributed by atoms with Crippen molar-refractivity contribution in [2.75, 3.05) is 0 Å². The first-order valence-electron chi connectivity index (χ1n) is 5.11. The highest BCUT2D eigenvalue weighted by molar-refractivity contribution is 5.78. The highest BCUT2D eigenvalue weighted by Gasteiger charge is 2.12. The fourth-order valence-corrected chi connectivity index (χ4v) is 1.64. The number of carbonyl (C=O) groups is 1. The molecule has 0 spiro atoms. The van der Waals surface area contributed by atoms with Crippen LogP contribution in [0.3, 0.4) is 0 Å². The standard InChI is InChI=1S/C11H18N2O/c1-4-10(9(2)14)5-6-11-12-7-8-13(11)3/h7-8,10H,4-6H2,1-3H3. The number of rotatable bonds is 5. The highest BCUT2D eigenvalue weighted by atomic mass is 16.1. The molecule has 0 N–H and O–H groups in total. The lowest BCUT2D eigenvalue weighted by molar-refractivity contribution is -0.121. The minimum absolute atomic E-state index is 0.201. The Morgan fingerprint density at radius 3 is 2.79 bits per heavy atom. The van der Waals surface area contributed by atoms with Gasteiger partial charge in [-0.3, -0.25) is 4.79 Å². The predicted molar refractivity (Wildman–Crippen MR) is 56.0 cm³/mol. The Bertz CT molecular complexity index is 304. The summed E-state index contributed by atoms with van der Waals surface area (Å²) in [7, 11) is 1.98. The fourth-order valence-electron chi connectivity index (χ4n) is 1.64. The second kappa shape index (κ2) is 4.94. The maximum Gasteiger partial charge on any atom is 0.132 e. The van der Waals surface area contributed by atoms with Crippen molar-refractivity contribution in [3.8, 4) is 0 Å². The van der Waals surface area contributed by atoms with E-state index in [1.165, 1.54) is 0 Å². The summed E-state index contributed by atoms with van der Waals surface area (Å²) < 4.78 is 2.01. The largest absolute Gasteiger partial charge is 0.338 e. The van der Waals surface area contributed by atoms with E-state index in [4.69, 9.17) is 0 Å². The number of nitrogens with zero attached hydrogens (tertiary/aromatic N) is 2.